The van der Waals surface area contributed by atoms with Crippen LogP contribution in [-0.4, -0.2) is 30.1 Å². The fourth-order valence-electron chi connectivity index (χ4n) is 2.99. The van der Waals surface area contributed by atoms with E-state index in [0.717, 1.165) is 12.8 Å². The van der Waals surface area contributed by atoms with Gasteiger partial charge in [0.25, 0.3) is 0 Å². The van der Waals surface area contributed by atoms with E-state index in [0.29, 0.717) is 18.0 Å². The molecule has 2 unspecified atom stereocenters. The Hall–Kier alpha value is -0.570. The highest BCUT2D eigenvalue weighted by atomic mass is 16.2. The molecule has 2 rings (SSSR count). The predicted octanol–water partition coefficient (Wildman–Crippen LogP) is 1.73. The van der Waals surface area contributed by atoms with Crippen molar-refractivity contribution in [2.45, 2.75) is 57.7 Å². The number of nitrogens with zero attached hydrogens (tertiary/aromatic N) is 1. The largest absolute Gasteiger partial charge is 0.329 e. The van der Waals surface area contributed by atoms with Gasteiger partial charge < -0.3 is 4.90 Å². The van der Waals surface area contributed by atoms with Gasteiger partial charge in [-0.1, -0.05) is 26.2 Å². The van der Waals surface area contributed by atoms with E-state index in [4.69, 9.17) is 0 Å². The van der Waals surface area contributed by atoms with Crippen LogP contribution in [0.15, 0.2) is 0 Å². The lowest BCUT2D eigenvalue weighted by Crippen LogP contribution is -2.40. The molecule has 0 aromatic carbocycles. The van der Waals surface area contributed by atoms with Crippen molar-refractivity contribution in [3.63, 3.8) is 0 Å². The molecular weight excluding hydrogens is 188 g/mol. The molecule has 86 valence electrons. The number of rotatable bonds is 3. The van der Waals surface area contributed by atoms with Crippen LogP contribution in [0.1, 0.15) is 45.4 Å². The van der Waals surface area contributed by atoms with Crippen LogP contribution in [0, 0.1) is 5.92 Å². The van der Waals surface area contributed by atoms with Crippen molar-refractivity contribution in [2.24, 2.45) is 5.92 Å². The minimum Gasteiger partial charge on any atom is -0.329 e. The Morgan fingerprint density at radius 3 is 2.67 bits per heavy atom. The highest BCUT2D eigenvalue weighted by Crippen LogP contribution is 2.31. The molecule has 2 aliphatic rings. The van der Waals surface area contributed by atoms with Gasteiger partial charge in [-0.05, 0) is 25.2 Å². The van der Waals surface area contributed by atoms with E-state index in [9.17, 15) is 4.79 Å². The number of hydrogen-bond acceptors (Lipinski definition) is 2. The Morgan fingerprint density at radius 2 is 2.07 bits per heavy atom. The highest BCUT2D eigenvalue weighted by molar-refractivity contribution is 5.84. The van der Waals surface area contributed by atoms with Crippen molar-refractivity contribution in [3.05, 3.63) is 0 Å². The first-order chi connectivity index (χ1) is 7.24. The van der Waals surface area contributed by atoms with Crippen LogP contribution in [0.3, 0.4) is 0 Å². The maximum absolute atomic E-state index is 11.9. The summed E-state index contributed by atoms with van der Waals surface area (Å²) in [5, 5.41) is 3.51. The molecule has 1 aliphatic heterocycles. The zero-order valence-corrected chi connectivity index (χ0v) is 9.83. The van der Waals surface area contributed by atoms with Gasteiger partial charge in [0.05, 0.1) is 12.2 Å². The van der Waals surface area contributed by atoms with Crippen molar-refractivity contribution in [3.8, 4) is 0 Å². The summed E-state index contributed by atoms with van der Waals surface area (Å²) in [7, 11) is 1.95. The van der Waals surface area contributed by atoms with Gasteiger partial charge in [0.2, 0.25) is 5.91 Å². The third-order valence-corrected chi connectivity index (χ3v) is 3.86. The van der Waals surface area contributed by atoms with E-state index in [1.807, 2.05) is 11.9 Å². The summed E-state index contributed by atoms with van der Waals surface area (Å²) in [6.45, 7) is 2.14. The second-order valence-corrected chi connectivity index (χ2v) is 4.95. The number of hydrogen-bond donors (Lipinski definition) is 1. The number of nitrogens with one attached hydrogen (secondary N) is 1. The van der Waals surface area contributed by atoms with E-state index in [1.54, 1.807) is 0 Å². The first-order valence-corrected chi connectivity index (χ1v) is 6.26. The molecule has 2 fully saturated rings. The molecule has 0 radical (unpaired) electrons. The van der Waals surface area contributed by atoms with Crippen molar-refractivity contribution < 1.29 is 4.79 Å². The number of carbonyl (C=O) groups is 1. The van der Waals surface area contributed by atoms with Crippen molar-refractivity contribution >= 4 is 5.91 Å². The third-order valence-electron chi connectivity index (χ3n) is 3.86. The molecule has 1 N–H and O–H groups in total. The molecule has 1 saturated heterocycles. The van der Waals surface area contributed by atoms with Gasteiger partial charge >= 0.3 is 0 Å². The van der Waals surface area contributed by atoms with Crippen LogP contribution in [0.2, 0.25) is 0 Å². The molecule has 0 spiro atoms. The Morgan fingerprint density at radius 1 is 1.40 bits per heavy atom. The molecule has 3 nitrogen and oxygen atoms in total. The molecule has 1 heterocycles. The van der Waals surface area contributed by atoms with E-state index in [2.05, 4.69) is 12.2 Å². The Labute approximate surface area is 92.2 Å². The van der Waals surface area contributed by atoms with E-state index >= 15 is 0 Å². The zero-order valence-electron chi connectivity index (χ0n) is 9.83. The Bertz CT molecular complexity index is 236. The molecule has 2 atom stereocenters. The number of amides is 1. The smallest absolute Gasteiger partial charge is 0.240 e. The average molecular weight is 210 g/mol. The quantitative estimate of drug-likeness (QED) is 0.769. The van der Waals surface area contributed by atoms with E-state index < -0.39 is 0 Å². The average Bonchev–Trinajstić information content (AvgIpc) is 2.82. The molecule has 15 heavy (non-hydrogen) atoms. The SMILES string of the molecule is CCCC1NC(C2CCCC2)N(C)C1=O. The van der Waals surface area contributed by atoms with Crippen molar-refractivity contribution in [1.29, 1.82) is 0 Å². The third kappa shape index (κ3) is 2.03. The second kappa shape index (κ2) is 4.52. The Kier molecular flexibility index (Phi) is 3.29. The maximum Gasteiger partial charge on any atom is 0.240 e. The van der Waals surface area contributed by atoms with E-state index in [1.165, 1.54) is 25.7 Å². The van der Waals surface area contributed by atoms with Gasteiger partial charge in [0, 0.05) is 7.05 Å². The highest BCUT2D eigenvalue weighted by Gasteiger charge is 2.40. The minimum absolute atomic E-state index is 0.0885. The fraction of sp³-hybridized carbons (Fsp3) is 0.917. The Balaban J connectivity index is 1.99. The lowest BCUT2D eigenvalue weighted by atomic mass is 10.0. The van der Waals surface area contributed by atoms with Crippen LogP contribution < -0.4 is 5.32 Å². The number of carbonyl (C=O) groups excluding carboxylic acids is 1. The minimum atomic E-state index is 0.0885. The van der Waals surface area contributed by atoms with Crippen LogP contribution in [-0.2, 0) is 4.79 Å². The molecule has 0 aromatic heterocycles. The lowest BCUT2D eigenvalue weighted by molar-refractivity contribution is -0.129. The van der Waals surface area contributed by atoms with Crippen molar-refractivity contribution in [2.75, 3.05) is 7.05 Å². The predicted molar refractivity (Wildman–Crippen MR) is 60.3 cm³/mol. The summed E-state index contributed by atoms with van der Waals surface area (Å²) in [4.78, 5) is 13.9. The van der Waals surface area contributed by atoms with Crippen LogP contribution in [0.25, 0.3) is 0 Å². The molecule has 1 amide bonds. The summed E-state index contributed by atoms with van der Waals surface area (Å²) in [5.74, 6) is 0.995. The second-order valence-electron chi connectivity index (χ2n) is 4.95. The normalized spacial score (nSPS) is 32.9. The molecule has 0 aromatic rings. The first kappa shape index (κ1) is 10.9. The topological polar surface area (TPSA) is 32.3 Å². The molecule has 1 saturated carbocycles. The van der Waals surface area contributed by atoms with Crippen molar-refractivity contribution in [1.82, 2.24) is 10.2 Å². The van der Waals surface area contributed by atoms with Crippen LogP contribution >= 0.6 is 0 Å². The number of likely N-dealkylation sites (N-methyl/N-ethyl adjacent to an activating group) is 1. The maximum atomic E-state index is 11.9. The van der Waals surface area contributed by atoms with Gasteiger partial charge in [-0.3, -0.25) is 10.1 Å². The first-order valence-electron chi connectivity index (χ1n) is 6.26. The van der Waals surface area contributed by atoms with Gasteiger partial charge in [-0.2, -0.15) is 0 Å². The standard InChI is InChI=1S/C12H22N2O/c1-3-6-10-12(15)14(2)11(13-10)9-7-4-5-8-9/h9-11,13H,3-8H2,1-2H3. The van der Waals surface area contributed by atoms with Gasteiger partial charge in [0.15, 0.2) is 0 Å². The van der Waals surface area contributed by atoms with E-state index in [-0.39, 0.29) is 6.04 Å². The fourth-order valence-corrected chi connectivity index (χ4v) is 2.99. The zero-order chi connectivity index (χ0) is 10.8. The molecule has 3 heteroatoms. The summed E-state index contributed by atoms with van der Waals surface area (Å²) >= 11 is 0. The van der Waals surface area contributed by atoms with Crippen LogP contribution in [0.5, 0.6) is 0 Å². The summed E-state index contributed by atoms with van der Waals surface area (Å²) in [6, 6.07) is 0.0885. The summed E-state index contributed by atoms with van der Waals surface area (Å²) < 4.78 is 0. The molecule has 0 bridgehead atoms. The van der Waals surface area contributed by atoms with Gasteiger partial charge in [-0.25, -0.2) is 0 Å². The van der Waals surface area contributed by atoms with Gasteiger partial charge in [-0.15, -0.1) is 0 Å². The molecular formula is C12H22N2O. The lowest BCUT2D eigenvalue weighted by Gasteiger charge is -2.25. The van der Waals surface area contributed by atoms with Crippen LogP contribution in [0.4, 0.5) is 0 Å². The summed E-state index contributed by atoms with van der Waals surface area (Å²) in [6.07, 6.45) is 7.62. The summed E-state index contributed by atoms with van der Waals surface area (Å²) in [5.41, 5.74) is 0. The monoisotopic (exact) mass is 210 g/mol. The van der Waals surface area contributed by atoms with Gasteiger partial charge in [0.1, 0.15) is 0 Å². The molecule has 1 aliphatic carbocycles.